The topological polar surface area (TPSA) is 41.6 Å². The van der Waals surface area contributed by atoms with Gasteiger partial charge in [-0.15, -0.1) is 0 Å². The van der Waals surface area contributed by atoms with Crippen LogP contribution in [0.1, 0.15) is 32.8 Å². The van der Waals surface area contributed by atoms with Gasteiger partial charge in [0.25, 0.3) is 0 Å². The number of hydrogen-bond acceptors (Lipinski definition) is 3. The number of hydrogen-bond donors (Lipinski definition) is 1. The molecule has 2 rings (SSSR count). The van der Waals surface area contributed by atoms with E-state index >= 15 is 0 Å². The quantitative estimate of drug-likeness (QED) is 0.842. The molecule has 0 aromatic heterocycles. The molecule has 1 N–H and O–H groups in total. The van der Waals surface area contributed by atoms with Gasteiger partial charge in [0.05, 0.1) is 0 Å². The van der Waals surface area contributed by atoms with Crippen molar-refractivity contribution in [3.05, 3.63) is 33.3 Å². The van der Waals surface area contributed by atoms with E-state index < -0.39 is 5.60 Å². The summed E-state index contributed by atoms with van der Waals surface area (Å²) in [6.07, 6.45) is 0.574. The molecule has 0 bridgehead atoms. The van der Waals surface area contributed by atoms with E-state index in [-0.39, 0.29) is 12.1 Å². The summed E-state index contributed by atoms with van der Waals surface area (Å²) in [6, 6.07) is 5.99. The number of nitrogens with one attached hydrogen (secondary N) is 1. The van der Waals surface area contributed by atoms with Crippen LogP contribution in [0, 0.1) is 0 Å². The first-order chi connectivity index (χ1) is 10.2. The molecule has 1 atom stereocenters. The van der Waals surface area contributed by atoms with Crippen molar-refractivity contribution in [1.29, 1.82) is 0 Å². The molecule has 1 heterocycles. The molecule has 1 aromatic rings. The molecule has 6 heteroatoms. The van der Waals surface area contributed by atoms with E-state index in [1.54, 1.807) is 0 Å². The fourth-order valence-corrected chi connectivity index (χ4v) is 3.06. The lowest BCUT2D eigenvalue weighted by Crippen LogP contribution is -2.40. The third kappa shape index (κ3) is 5.45. The molecule has 1 fully saturated rings. The molecular weight excluding hydrogens is 368 g/mol. The van der Waals surface area contributed by atoms with Crippen LogP contribution in [0.15, 0.2) is 22.7 Å². The summed E-state index contributed by atoms with van der Waals surface area (Å²) in [6.45, 7) is 8.12. The largest absolute Gasteiger partial charge is 0.444 e. The Labute approximate surface area is 145 Å². The second kappa shape index (κ2) is 7.20. The summed E-state index contributed by atoms with van der Waals surface area (Å²) in [7, 11) is 0. The standard InChI is InChI=1S/C16H22BrClN2O2/c1-16(2,3)22-15(21)19-13-6-7-20(10-13)9-11-8-12(17)4-5-14(11)18/h4-5,8,13H,6-7,9-10H2,1-3H3,(H,19,21)/t13-/m0/s1. The summed E-state index contributed by atoms with van der Waals surface area (Å²) in [4.78, 5) is 14.1. The van der Waals surface area contributed by atoms with Gasteiger partial charge in [-0.05, 0) is 51.0 Å². The molecular formula is C16H22BrClN2O2. The summed E-state index contributed by atoms with van der Waals surface area (Å²) in [5.74, 6) is 0. The molecule has 0 unspecified atom stereocenters. The highest BCUT2D eigenvalue weighted by Crippen LogP contribution is 2.24. The third-order valence-corrected chi connectivity index (χ3v) is 4.26. The van der Waals surface area contributed by atoms with Crippen LogP contribution in [0.25, 0.3) is 0 Å². The van der Waals surface area contributed by atoms with Crippen LogP contribution in [-0.4, -0.2) is 35.7 Å². The second-order valence-electron chi connectivity index (χ2n) is 6.60. The van der Waals surface area contributed by atoms with Crippen LogP contribution in [0.4, 0.5) is 4.79 Å². The van der Waals surface area contributed by atoms with Crippen LogP contribution in [0.5, 0.6) is 0 Å². The maximum absolute atomic E-state index is 11.8. The van der Waals surface area contributed by atoms with Crippen molar-refractivity contribution in [2.75, 3.05) is 13.1 Å². The Morgan fingerprint density at radius 2 is 2.23 bits per heavy atom. The van der Waals surface area contributed by atoms with Crippen LogP contribution >= 0.6 is 27.5 Å². The van der Waals surface area contributed by atoms with E-state index in [0.29, 0.717) is 0 Å². The van der Waals surface area contributed by atoms with Gasteiger partial charge in [0.1, 0.15) is 5.60 Å². The summed E-state index contributed by atoms with van der Waals surface area (Å²) < 4.78 is 6.31. The monoisotopic (exact) mass is 388 g/mol. The van der Waals surface area contributed by atoms with Gasteiger partial charge < -0.3 is 10.1 Å². The first-order valence-corrected chi connectivity index (χ1v) is 8.56. The van der Waals surface area contributed by atoms with Crippen molar-refractivity contribution in [1.82, 2.24) is 10.2 Å². The minimum absolute atomic E-state index is 0.126. The van der Waals surface area contributed by atoms with E-state index in [4.69, 9.17) is 16.3 Å². The van der Waals surface area contributed by atoms with E-state index in [1.165, 1.54) is 0 Å². The first-order valence-electron chi connectivity index (χ1n) is 7.39. The normalized spacial score (nSPS) is 19.2. The van der Waals surface area contributed by atoms with Gasteiger partial charge in [0.2, 0.25) is 0 Å². The maximum atomic E-state index is 11.8. The molecule has 22 heavy (non-hydrogen) atoms. The lowest BCUT2D eigenvalue weighted by atomic mass is 10.2. The van der Waals surface area contributed by atoms with E-state index in [2.05, 4.69) is 26.1 Å². The Morgan fingerprint density at radius 3 is 2.91 bits per heavy atom. The van der Waals surface area contributed by atoms with Crippen molar-refractivity contribution < 1.29 is 9.53 Å². The maximum Gasteiger partial charge on any atom is 0.407 e. The molecule has 1 saturated heterocycles. The van der Waals surface area contributed by atoms with Crippen LogP contribution < -0.4 is 5.32 Å². The third-order valence-electron chi connectivity index (χ3n) is 3.39. The van der Waals surface area contributed by atoms with Crippen molar-refractivity contribution in [3.63, 3.8) is 0 Å². The molecule has 1 aliphatic heterocycles. The van der Waals surface area contributed by atoms with Crippen molar-refractivity contribution in [2.45, 2.75) is 45.4 Å². The van der Waals surface area contributed by atoms with Crippen molar-refractivity contribution in [2.24, 2.45) is 0 Å². The number of alkyl carbamates (subject to hydrolysis) is 1. The van der Waals surface area contributed by atoms with E-state index in [9.17, 15) is 4.79 Å². The zero-order valence-electron chi connectivity index (χ0n) is 13.2. The molecule has 0 radical (unpaired) electrons. The number of rotatable bonds is 3. The molecule has 1 aromatic carbocycles. The van der Waals surface area contributed by atoms with E-state index in [0.717, 1.165) is 41.1 Å². The predicted molar refractivity (Wildman–Crippen MR) is 92.2 cm³/mol. The lowest BCUT2D eigenvalue weighted by molar-refractivity contribution is 0.0506. The molecule has 0 aliphatic carbocycles. The number of likely N-dealkylation sites (tertiary alicyclic amines) is 1. The predicted octanol–water partition coefficient (Wildman–Crippen LogP) is 4.20. The average Bonchev–Trinajstić information content (AvgIpc) is 2.78. The van der Waals surface area contributed by atoms with Crippen LogP contribution in [0.2, 0.25) is 5.02 Å². The first kappa shape index (κ1) is 17.6. The summed E-state index contributed by atoms with van der Waals surface area (Å²) >= 11 is 9.70. The number of nitrogens with zero attached hydrogens (tertiary/aromatic N) is 1. The van der Waals surface area contributed by atoms with Gasteiger partial charge in [0.15, 0.2) is 0 Å². The Hall–Kier alpha value is -0.780. The van der Waals surface area contributed by atoms with Gasteiger partial charge in [-0.3, -0.25) is 4.90 Å². The van der Waals surface area contributed by atoms with Gasteiger partial charge in [-0.25, -0.2) is 4.79 Å². The van der Waals surface area contributed by atoms with Gasteiger partial charge in [-0.2, -0.15) is 0 Å². The zero-order chi connectivity index (χ0) is 16.3. The van der Waals surface area contributed by atoms with E-state index in [1.807, 2.05) is 39.0 Å². The SMILES string of the molecule is CC(C)(C)OC(=O)N[C@H]1CCN(Cc2cc(Br)ccc2Cl)C1. The molecule has 1 aliphatic rings. The summed E-state index contributed by atoms with van der Waals surface area (Å²) in [5.41, 5.74) is 0.626. The highest BCUT2D eigenvalue weighted by Gasteiger charge is 2.26. The Bertz CT molecular complexity index is 545. The molecule has 0 saturated carbocycles. The molecule has 1 amide bonds. The fourth-order valence-electron chi connectivity index (χ4n) is 2.47. The minimum atomic E-state index is -0.466. The second-order valence-corrected chi connectivity index (χ2v) is 7.93. The Morgan fingerprint density at radius 1 is 1.50 bits per heavy atom. The smallest absolute Gasteiger partial charge is 0.407 e. The molecule has 122 valence electrons. The van der Waals surface area contributed by atoms with Gasteiger partial charge >= 0.3 is 6.09 Å². The Balaban J connectivity index is 1.85. The highest BCUT2D eigenvalue weighted by molar-refractivity contribution is 9.10. The number of benzene rings is 1. The lowest BCUT2D eigenvalue weighted by Gasteiger charge is -2.22. The molecule has 4 nitrogen and oxygen atoms in total. The fraction of sp³-hybridized carbons (Fsp3) is 0.562. The zero-order valence-corrected chi connectivity index (χ0v) is 15.5. The summed E-state index contributed by atoms with van der Waals surface area (Å²) in [5, 5.41) is 3.70. The van der Waals surface area contributed by atoms with Crippen molar-refractivity contribution >= 4 is 33.6 Å². The van der Waals surface area contributed by atoms with Crippen LogP contribution in [0.3, 0.4) is 0 Å². The van der Waals surface area contributed by atoms with Gasteiger partial charge in [0, 0.05) is 35.2 Å². The number of carbonyl (C=O) groups is 1. The Kier molecular flexibility index (Phi) is 5.75. The number of carbonyl (C=O) groups excluding carboxylic acids is 1. The minimum Gasteiger partial charge on any atom is -0.444 e. The number of amides is 1. The van der Waals surface area contributed by atoms with Crippen LogP contribution in [-0.2, 0) is 11.3 Å². The highest BCUT2D eigenvalue weighted by atomic mass is 79.9. The van der Waals surface area contributed by atoms with Gasteiger partial charge in [-0.1, -0.05) is 27.5 Å². The number of ether oxygens (including phenoxy) is 1. The average molecular weight is 390 g/mol. The van der Waals surface area contributed by atoms with Crippen molar-refractivity contribution in [3.8, 4) is 0 Å². The molecule has 0 spiro atoms. The number of halogens is 2.